The van der Waals surface area contributed by atoms with E-state index in [0.29, 0.717) is 12.5 Å². The molecule has 1 atom stereocenters. The summed E-state index contributed by atoms with van der Waals surface area (Å²) in [6.07, 6.45) is 4.15. The molecular formula is C16H24N2O2S. The topological polar surface area (TPSA) is 42.4 Å². The number of thiazole rings is 1. The van der Waals surface area contributed by atoms with Gasteiger partial charge in [-0.05, 0) is 31.6 Å². The first-order valence-electron chi connectivity index (χ1n) is 7.88. The highest BCUT2D eigenvalue weighted by molar-refractivity contribution is 7.17. The van der Waals surface area contributed by atoms with Gasteiger partial charge in [0, 0.05) is 26.1 Å². The minimum Gasteiger partial charge on any atom is -0.376 e. The third-order valence-corrected chi connectivity index (χ3v) is 5.52. The number of ketones is 1. The Morgan fingerprint density at radius 2 is 2.24 bits per heavy atom. The highest BCUT2D eigenvalue weighted by atomic mass is 32.1. The molecule has 3 rings (SSSR count). The number of carbonyl (C=O) groups is 1. The van der Waals surface area contributed by atoms with Gasteiger partial charge in [0.1, 0.15) is 0 Å². The van der Waals surface area contributed by atoms with Crippen LogP contribution in [0.3, 0.4) is 0 Å². The summed E-state index contributed by atoms with van der Waals surface area (Å²) in [5.74, 6) is 0.262. The van der Waals surface area contributed by atoms with E-state index in [1.807, 2.05) is 0 Å². The first-order chi connectivity index (χ1) is 9.98. The maximum Gasteiger partial charge on any atom is 0.186 e. The molecule has 1 saturated heterocycles. The molecule has 1 fully saturated rings. The van der Waals surface area contributed by atoms with E-state index in [-0.39, 0.29) is 11.2 Å². The molecule has 1 aromatic heterocycles. The Bertz CT molecular complexity index is 532. The van der Waals surface area contributed by atoms with Crippen LogP contribution in [0.4, 0.5) is 5.13 Å². The standard InChI is InChI=1S/C16H24N2O2S/c1-4-18(10-11-6-5-7-20-11)15-17-12-8-16(2,3)9-13(19)14(12)21-15/h11H,4-10H2,1-3H3. The van der Waals surface area contributed by atoms with Crippen molar-refractivity contribution < 1.29 is 9.53 Å². The summed E-state index contributed by atoms with van der Waals surface area (Å²) >= 11 is 1.57. The fourth-order valence-corrected chi connectivity index (χ4v) is 4.31. The fourth-order valence-electron chi connectivity index (χ4n) is 3.22. The predicted octanol–water partition coefficient (Wildman–Crippen LogP) is 3.30. The molecule has 0 radical (unpaired) electrons. The van der Waals surface area contributed by atoms with Gasteiger partial charge in [0.15, 0.2) is 10.9 Å². The van der Waals surface area contributed by atoms with Crippen molar-refractivity contribution in [1.82, 2.24) is 4.98 Å². The number of nitrogens with zero attached hydrogens (tertiary/aromatic N) is 2. The van der Waals surface area contributed by atoms with Gasteiger partial charge in [-0.2, -0.15) is 0 Å². The zero-order valence-electron chi connectivity index (χ0n) is 13.1. The van der Waals surface area contributed by atoms with E-state index < -0.39 is 0 Å². The monoisotopic (exact) mass is 308 g/mol. The molecule has 0 spiro atoms. The zero-order valence-corrected chi connectivity index (χ0v) is 14.0. The number of Topliss-reactive ketones (excluding diaryl/α,β-unsaturated/α-hetero) is 1. The van der Waals surface area contributed by atoms with Crippen LogP contribution in [0.25, 0.3) is 0 Å². The normalized spacial score (nSPS) is 24.1. The molecule has 0 saturated carbocycles. The van der Waals surface area contributed by atoms with E-state index >= 15 is 0 Å². The maximum atomic E-state index is 12.3. The number of ether oxygens (including phenoxy) is 1. The summed E-state index contributed by atoms with van der Waals surface area (Å²) in [5, 5.41) is 0.990. The number of fused-ring (bicyclic) bond motifs is 1. The van der Waals surface area contributed by atoms with Crippen LogP contribution in [0.5, 0.6) is 0 Å². The second kappa shape index (κ2) is 5.69. The Hall–Kier alpha value is -0.940. The zero-order chi connectivity index (χ0) is 15.0. The van der Waals surface area contributed by atoms with E-state index in [2.05, 4.69) is 25.7 Å². The molecule has 2 aliphatic rings. The summed E-state index contributed by atoms with van der Waals surface area (Å²) in [7, 11) is 0. The molecule has 21 heavy (non-hydrogen) atoms. The van der Waals surface area contributed by atoms with Crippen LogP contribution in [0.1, 0.15) is 55.4 Å². The van der Waals surface area contributed by atoms with Crippen LogP contribution in [0, 0.1) is 5.41 Å². The van der Waals surface area contributed by atoms with Crippen molar-refractivity contribution in [2.24, 2.45) is 5.41 Å². The average Bonchev–Trinajstić information content (AvgIpc) is 3.03. The van der Waals surface area contributed by atoms with Gasteiger partial charge in [-0.15, -0.1) is 0 Å². The van der Waals surface area contributed by atoms with Crippen LogP contribution in [-0.4, -0.2) is 36.6 Å². The fraction of sp³-hybridized carbons (Fsp3) is 0.750. The third kappa shape index (κ3) is 3.14. The molecule has 0 N–H and O–H groups in total. The number of hydrogen-bond donors (Lipinski definition) is 0. The SMILES string of the molecule is CCN(CC1CCCO1)c1nc2c(s1)C(=O)CC(C)(C)C2. The highest BCUT2D eigenvalue weighted by Gasteiger charge is 2.34. The first kappa shape index (κ1) is 15.0. The Balaban J connectivity index is 1.80. The van der Waals surface area contributed by atoms with Gasteiger partial charge in [-0.25, -0.2) is 4.98 Å². The van der Waals surface area contributed by atoms with E-state index in [9.17, 15) is 4.79 Å². The van der Waals surface area contributed by atoms with Gasteiger partial charge in [-0.3, -0.25) is 4.79 Å². The molecule has 5 heteroatoms. The number of rotatable bonds is 4. The molecule has 2 heterocycles. The largest absolute Gasteiger partial charge is 0.376 e. The van der Waals surface area contributed by atoms with Gasteiger partial charge >= 0.3 is 0 Å². The second-order valence-corrected chi connectivity index (χ2v) is 7.86. The van der Waals surface area contributed by atoms with Gasteiger partial charge < -0.3 is 9.64 Å². The molecule has 1 aromatic rings. The first-order valence-corrected chi connectivity index (χ1v) is 8.69. The molecule has 1 aliphatic carbocycles. The minimum atomic E-state index is 0.0427. The van der Waals surface area contributed by atoms with E-state index in [4.69, 9.17) is 9.72 Å². The number of anilines is 1. The molecule has 0 bridgehead atoms. The van der Waals surface area contributed by atoms with Crippen molar-refractivity contribution in [1.29, 1.82) is 0 Å². The smallest absolute Gasteiger partial charge is 0.186 e. The predicted molar refractivity (Wildman–Crippen MR) is 85.4 cm³/mol. The average molecular weight is 308 g/mol. The quantitative estimate of drug-likeness (QED) is 0.856. The second-order valence-electron chi connectivity index (χ2n) is 6.89. The van der Waals surface area contributed by atoms with Gasteiger partial charge in [0.05, 0.1) is 16.7 Å². The summed E-state index contributed by atoms with van der Waals surface area (Å²) in [6.45, 7) is 9.11. The summed E-state index contributed by atoms with van der Waals surface area (Å²) in [5.41, 5.74) is 1.04. The highest BCUT2D eigenvalue weighted by Crippen LogP contribution is 2.39. The van der Waals surface area contributed by atoms with Crippen molar-refractivity contribution in [3.8, 4) is 0 Å². The summed E-state index contributed by atoms with van der Waals surface area (Å²) in [6, 6.07) is 0. The van der Waals surface area contributed by atoms with Crippen LogP contribution in [0.15, 0.2) is 0 Å². The van der Waals surface area contributed by atoms with Gasteiger partial charge in [-0.1, -0.05) is 25.2 Å². The van der Waals surface area contributed by atoms with Crippen LogP contribution in [0.2, 0.25) is 0 Å². The van der Waals surface area contributed by atoms with Crippen molar-refractivity contribution in [2.45, 2.75) is 52.6 Å². The van der Waals surface area contributed by atoms with Crippen molar-refractivity contribution in [3.63, 3.8) is 0 Å². The minimum absolute atomic E-state index is 0.0427. The molecule has 4 nitrogen and oxygen atoms in total. The number of aromatic nitrogens is 1. The van der Waals surface area contributed by atoms with Crippen molar-refractivity contribution in [3.05, 3.63) is 10.6 Å². The van der Waals surface area contributed by atoms with Crippen LogP contribution >= 0.6 is 11.3 Å². The van der Waals surface area contributed by atoms with E-state index in [1.54, 1.807) is 11.3 Å². The van der Waals surface area contributed by atoms with Gasteiger partial charge in [0.25, 0.3) is 0 Å². The van der Waals surface area contributed by atoms with Crippen LogP contribution < -0.4 is 4.90 Å². The molecule has 0 aromatic carbocycles. The Kier molecular flexibility index (Phi) is 4.06. The molecule has 1 aliphatic heterocycles. The van der Waals surface area contributed by atoms with Crippen molar-refractivity contribution in [2.75, 3.05) is 24.6 Å². The molecule has 0 amide bonds. The van der Waals surface area contributed by atoms with E-state index in [1.165, 1.54) is 0 Å². The lowest BCUT2D eigenvalue weighted by Gasteiger charge is -2.26. The molecule has 116 valence electrons. The molecular weight excluding hydrogens is 284 g/mol. The lowest BCUT2D eigenvalue weighted by Crippen LogP contribution is -2.32. The Morgan fingerprint density at radius 1 is 1.43 bits per heavy atom. The summed E-state index contributed by atoms with van der Waals surface area (Å²) in [4.78, 5) is 20.2. The number of hydrogen-bond acceptors (Lipinski definition) is 5. The Morgan fingerprint density at radius 3 is 2.90 bits per heavy atom. The van der Waals surface area contributed by atoms with Crippen molar-refractivity contribution >= 4 is 22.3 Å². The third-order valence-electron chi connectivity index (χ3n) is 4.32. The number of likely N-dealkylation sites (N-methyl/N-ethyl adjacent to an activating group) is 1. The van der Waals surface area contributed by atoms with E-state index in [0.717, 1.165) is 54.7 Å². The molecule has 1 unspecified atom stereocenters. The summed E-state index contributed by atoms with van der Waals surface area (Å²) < 4.78 is 5.73. The van der Waals surface area contributed by atoms with Gasteiger partial charge in [0.2, 0.25) is 0 Å². The van der Waals surface area contributed by atoms with Crippen LogP contribution in [-0.2, 0) is 11.2 Å². The number of carbonyl (C=O) groups excluding carboxylic acids is 1. The lowest BCUT2D eigenvalue weighted by molar-refractivity contribution is 0.0916. The Labute approximate surface area is 130 Å². The lowest BCUT2D eigenvalue weighted by atomic mass is 9.78. The maximum absolute atomic E-state index is 12.3.